The van der Waals surface area contributed by atoms with Gasteiger partial charge >= 0.3 is 18.4 Å². The number of amides is 2. The van der Waals surface area contributed by atoms with Crippen LogP contribution in [0.5, 0.6) is 0 Å². The molecule has 3 aromatic carbocycles. The standard InChI is InChI=1S/C23H19F6N3O/c24-22(25,26)16-11-17(23(27,28)29)13-18(12-16)31-21(33)32-20(15-9-5-2-6-10-15)19(30)14-7-3-1-4-8-14/h1-13,19-20H,30H2,(H2,31,32,33)/t19-,20-/m0/s1. The lowest BCUT2D eigenvalue weighted by Gasteiger charge is -2.26. The predicted octanol–water partition coefficient (Wildman–Crippen LogP) is 6.29. The largest absolute Gasteiger partial charge is 0.416 e. The van der Waals surface area contributed by atoms with Gasteiger partial charge in [0.25, 0.3) is 0 Å². The van der Waals surface area contributed by atoms with Crippen molar-refractivity contribution in [2.45, 2.75) is 24.4 Å². The van der Waals surface area contributed by atoms with Crippen LogP contribution in [0.2, 0.25) is 0 Å². The minimum atomic E-state index is -5.03. The molecule has 2 amide bonds. The van der Waals surface area contributed by atoms with Crippen LogP contribution in [-0.2, 0) is 12.4 Å². The van der Waals surface area contributed by atoms with Crippen LogP contribution in [0.1, 0.15) is 34.3 Å². The fourth-order valence-corrected chi connectivity index (χ4v) is 3.24. The van der Waals surface area contributed by atoms with E-state index in [-0.39, 0.29) is 6.07 Å². The Morgan fingerprint density at radius 2 is 1.18 bits per heavy atom. The van der Waals surface area contributed by atoms with Crippen molar-refractivity contribution < 1.29 is 31.1 Å². The highest BCUT2D eigenvalue weighted by Gasteiger charge is 2.37. The molecule has 3 aromatic rings. The molecule has 4 nitrogen and oxygen atoms in total. The van der Waals surface area contributed by atoms with Crippen molar-refractivity contribution in [2.75, 3.05) is 5.32 Å². The molecule has 10 heteroatoms. The Balaban J connectivity index is 1.89. The summed E-state index contributed by atoms with van der Waals surface area (Å²) in [5.41, 5.74) is 3.88. The number of anilines is 1. The molecular formula is C23H19F6N3O. The van der Waals surface area contributed by atoms with E-state index in [2.05, 4.69) is 10.6 Å². The maximum atomic E-state index is 13.1. The van der Waals surface area contributed by atoms with E-state index in [4.69, 9.17) is 5.73 Å². The summed E-state index contributed by atoms with van der Waals surface area (Å²) in [4.78, 5) is 12.6. The molecule has 3 rings (SSSR count). The summed E-state index contributed by atoms with van der Waals surface area (Å²) >= 11 is 0. The molecule has 4 N–H and O–H groups in total. The first-order chi connectivity index (χ1) is 15.4. The van der Waals surface area contributed by atoms with Crippen LogP contribution in [-0.4, -0.2) is 6.03 Å². The fourth-order valence-electron chi connectivity index (χ4n) is 3.24. The number of urea groups is 1. The second-order valence-electron chi connectivity index (χ2n) is 7.22. The van der Waals surface area contributed by atoms with Crippen LogP contribution in [0, 0.1) is 0 Å². The number of hydrogen-bond acceptors (Lipinski definition) is 2. The van der Waals surface area contributed by atoms with Gasteiger partial charge in [-0.3, -0.25) is 0 Å². The molecule has 0 aliphatic rings. The van der Waals surface area contributed by atoms with Crippen molar-refractivity contribution >= 4 is 11.7 Å². The first-order valence-electron chi connectivity index (χ1n) is 9.67. The number of hydrogen-bond donors (Lipinski definition) is 3. The monoisotopic (exact) mass is 467 g/mol. The van der Waals surface area contributed by atoms with Crippen LogP contribution in [0.25, 0.3) is 0 Å². The summed E-state index contributed by atoms with van der Waals surface area (Å²) in [5.74, 6) is 0. The number of alkyl halides is 6. The van der Waals surface area contributed by atoms with Gasteiger partial charge in [-0.05, 0) is 29.3 Å². The van der Waals surface area contributed by atoms with E-state index in [0.29, 0.717) is 23.3 Å². The van der Waals surface area contributed by atoms with Gasteiger partial charge in [-0.25, -0.2) is 4.79 Å². The van der Waals surface area contributed by atoms with Gasteiger partial charge in [0.15, 0.2) is 0 Å². The van der Waals surface area contributed by atoms with Gasteiger partial charge in [-0.2, -0.15) is 26.3 Å². The third-order valence-electron chi connectivity index (χ3n) is 4.83. The molecule has 0 aliphatic carbocycles. The summed E-state index contributed by atoms with van der Waals surface area (Å²) in [6.07, 6.45) is -10.1. The molecular weight excluding hydrogens is 448 g/mol. The highest BCUT2D eigenvalue weighted by atomic mass is 19.4. The summed E-state index contributed by atoms with van der Waals surface area (Å²) < 4.78 is 78.5. The minimum Gasteiger partial charge on any atom is -0.329 e. The van der Waals surface area contributed by atoms with Gasteiger partial charge in [0.05, 0.1) is 23.2 Å². The quantitative estimate of drug-likeness (QED) is 0.386. The average Bonchev–Trinajstić information content (AvgIpc) is 2.77. The Bertz CT molecular complexity index is 1050. The van der Waals surface area contributed by atoms with E-state index in [1.807, 2.05) is 0 Å². The molecule has 33 heavy (non-hydrogen) atoms. The smallest absolute Gasteiger partial charge is 0.329 e. The molecule has 174 valence electrons. The lowest BCUT2D eigenvalue weighted by molar-refractivity contribution is -0.143. The average molecular weight is 467 g/mol. The summed E-state index contributed by atoms with van der Waals surface area (Å²) in [7, 11) is 0. The van der Waals surface area contributed by atoms with Crippen molar-refractivity contribution in [1.29, 1.82) is 0 Å². The van der Waals surface area contributed by atoms with Gasteiger partial charge in [0.1, 0.15) is 0 Å². The summed E-state index contributed by atoms with van der Waals surface area (Å²) in [5, 5.41) is 4.63. The number of halogens is 6. The van der Waals surface area contributed by atoms with Crippen molar-refractivity contribution in [3.05, 3.63) is 101 Å². The number of rotatable bonds is 5. The fraction of sp³-hybridized carbons (Fsp3) is 0.174. The Labute approximate surface area is 185 Å². The van der Waals surface area contributed by atoms with Crippen molar-refractivity contribution in [3.63, 3.8) is 0 Å². The van der Waals surface area contributed by atoms with Crippen LogP contribution < -0.4 is 16.4 Å². The topological polar surface area (TPSA) is 67.1 Å². The number of nitrogens with one attached hydrogen (secondary N) is 2. The molecule has 0 heterocycles. The lowest BCUT2D eigenvalue weighted by atomic mass is 9.94. The number of carbonyl (C=O) groups excluding carboxylic acids is 1. The molecule has 0 spiro atoms. The van der Waals surface area contributed by atoms with E-state index >= 15 is 0 Å². The second kappa shape index (κ2) is 9.53. The normalized spacial score (nSPS) is 13.8. The summed E-state index contributed by atoms with van der Waals surface area (Å²) in [6.45, 7) is 0. The number of carbonyl (C=O) groups is 1. The minimum absolute atomic E-state index is 0.0127. The maximum Gasteiger partial charge on any atom is 0.416 e. The third kappa shape index (κ3) is 6.26. The van der Waals surface area contributed by atoms with Crippen LogP contribution in [0.4, 0.5) is 36.8 Å². The molecule has 0 saturated carbocycles. The van der Waals surface area contributed by atoms with Crippen molar-refractivity contribution in [1.82, 2.24) is 5.32 Å². The molecule has 0 unspecified atom stereocenters. The SMILES string of the molecule is N[C@@H](c1ccccc1)[C@@H](NC(=O)Nc1cc(C(F)(F)F)cc(C(F)(F)F)c1)c1ccccc1. The number of nitrogens with two attached hydrogens (primary N) is 1. The Hall–Kier alpha value is -3.53. The Morgan fingerprint density at radius 1 is 0.727 bits per heavy atom. The highest BCUT2D eigenvalue weighted by Crippen LogP contribution is 2.37. The zero-order valence-electron chi connectivity index (χ0n) is 16.9. The van der Waals surface area contributed by atoms with Gasteiger partial charge in [-0.15, -0.1) is 0 Å². The van der Waals surface area contributed by atoms with E-state index in [1.54, 1.807) is 60.7 Å². The highest BCUT2D eigenvalue weighted by molar-refractivity contribution is 5.90. The zero-order chi connectivity index (χ0) is 24.2. The molecule has 0 bridgehead atoms. The van der Waals surface area contributed by atoms with Crippen molar-refractivity contribution in [3.8, 4) is 0 Å². The number of benzene rings is 3. The summed E-state index contributed by atoms with van der Waals surface area (Å²) in [6, 6.07) is 15.6. The Morgan fingerprint density at radius 3 is 1.64 bits per heavy atom. The van der Waals surface area contributed by atoms with Gasteiger partial charge in [0.2, 0.25) is 0 Å². The van der Waals surface area contributed by atoms with Gasteiger partial charge in [-0.1, -0.05) is 60.7 Å². The van der Waals surface area contributed by atoms with Crippen LogP contribution in [0.15, 0.2) is 78.9 Å². The van der Waals surface area contributed by atoms with E-state index in [9.17, 15) is 31.1 Å². The van der Waals surface area contributed by atoms with Crippen LogP contribution >= 0.6 is 0 Å². The van der Waals surface area contributed by atoms with E-state index < -0.39 is 47.3 Å². The van der Waals surface area contributed by atoms with Crippen LogP contribution in [0.3, 0.4) is 0 Å². The first-order valence-corrected chi connectivity index (χ1v) is 9.67. The van der Waals surface area contributed by atoms with Gasteiger partial charge < -0.3 is 16.4 Å². The molecule has 0 aromatic heterocycles. The van der Waals surface area contributed by atoms with E-state index in [1.165, 1.54) is 0 Å². The molecule has 0 aliphatic heterocycles. The molecule has 2 atom stereocenters. The predicted molar refractivity (Wildman–Crippen MR) is 111 cm³/mol. The van der Waals surface area contributed by atoms with E-state index in [0.717, 1.165) is 0 Å². The van der Waals surface area contributed by atoms with Crippen molar-refractivity contribution in [2.24, 2.45) is 5.73 Å². The Kier molecular flexibility index (Phi) is 6.97. The lowest BCUT2D eigenvalue weighted by Crippen LogP contribution is -2.38. The third-order valence-corrected chi connectivity index (χ3v) is 4.83. The molecule has 0 radical (unpaired) electrons. The zero-order valence-corrected chi connectivity index (χ0v) is 16.9. The molecule has 0 saturated heterocycles. The first kappa shape index (κ1) is 24.1. The molecule has 0 fully saturated rings. The second-order valence-corrected chi connectivity index (χ2v) is 7.22. The maximum absolute atomic E-state index is 13.1. The van der Waals surface area contributed by atoms with Gasteiger partial charge in [0, 0.05) is 5.69 Å².